The van der Waals surface area contributed by atoms with Gasteiger partial charge in [0.05, 0.1) is 11.6 Å². The van der Waals surface area contributed by atoms with Crippen LogP contribution in [0.15, 0.2) is 58.1 Å². The first kappa shape index (κ1) is 18.1. The van der Waals surface area contributed by atoms with Crippen molar-refractivity contribution in [2.75, 3.05) is 7.11 Å². The summed E-state index contributed by atoms with van der Waals surface area (Å²) in [5, 5.41) is 4.28. The van der Waals surface area contributed by atoms with Crippen molar-refractivity contribution in [1.82, 2.24) is 14.6 Å². The maximum atomic E-state index is 12.8. The molecule has 0 aliphatic rings. The highest BCUT2D eigenvalue weighted by molar-refractivity contribution is 7.15. The van der Waals surface area contributed by atoms with Crippen LogP contribution < -0.4 is 20.4 Å². The Bertz CT molecular complexity index is 1320. The number of hydrogen-bond donors (Lipinski definition) is 0. The molecule has 6 nitrogen and oxygen atoms in total. The zero-order valence-electron chi connectivity index (χ0n) is 15.4. The van der Waals surface area contributed by atoms with Crippen molar-refractivity contribution in [3.63, 3.8) is 0 Å². The second-order valence-corrected chi connectivity index (χ2v) is 7.42. The van der Waals surface area contributed by atoms with Crippen LogP contribution in [-0.2, 0) is 6.42 Å². The van der Waals surface area contributed by atoms with Gasteiger partial charge in [-0.2, -0.15) is 14.6 Å². The molecule has 0 atom stereocenters. The summed E-state index contributed by atoms with van der Waals surface area (Å²) < 4.78 is 6.88. The van der Waals surface area contributed by atoms with E-state index in [0.29, 0.717) is 16.7 Å². The van der Waals surface area contributed by atoms with Gasteiger partial charge in [-0.3, -0.25) is 9.59 Å². The number of fused-ring (bicyclic) bond motifs is 1. The van der Waals surface area contributed by atoms with Gasteiger partial charge in [0.2, 0.25) is 4.96 Å². The quantitative estimate of drug-likeness (QED) is 0.532. The van der Waals surface area contributed by atoms with Crippen LogP contribution in [0.4, 0.5) is 0 Å². The Morgan fingerprint density at radius 2 is 1.93 bits per heavy atom. The van der Waals surface area contributed by atoms with Crippen molar-refractivity contribution in [2.24, 2.45) is 0 Å². The Labute approximate surface area is 164 Å². The van der Waals surface area contributed by atoms with Gasteiger partial charge in [-0.15, -0.1) is 0 Å². The number of rotatable bonds is 4. The second kappa shape index (κ2) is 7.36. The second-order valence-electron chi connectivity index (χ2n) is 6.41. The SMILES string of the molecule is COc1cccc(/C=c2\sc3nc(=O)c(Cc4ccc(C)cc4)nn3c2=O)c1. The van der Waals surface area contributed by atoms with Gasteiger partial charge >= 0.3 is 0 Å². The fourth-order valence-corrected chi connectivity index (χ4v) is 3.74. The van der Waals surface area contributed by atoms with Crippen molar-refractivity contribution >= 4 is 22.4 Å². The normalized spacial score (nSPS) is 11.9. The number of thiazole rings is 1. The van der Waals surface area contributed by atoms with Crippen molar-refractivity contribution in [1.29, 1.82) is 0 Å². The molecule has 0 aliphatic carbocycles. The van der Waals surface area contributed by atoms with Gasteiger partial charge in [-0.05, 0) is 36.3 Å². The standard InChI is InChI=1S/C21H17N3O3S/c1-13-6-8-14(9-7-13)11-17-19(25)22-21-24(23-17)20(26)18(28-21)12-15-4-3-5-16(10-15)27-2/h3-10,12H,11H2,1-2H3/b18-12-. The van der Waals surface area contributed by atoms with E-state index in [1.165, 1.54) is 4.52 Å². The lowest BCUT2D eigenvalue weighted by molar-refractivity contribution is 0.414. The number of benzene rings is 2. The summed E-state index contributed by atoms with van der Waals surface area (Å²) in [4.78, 5) is 29.5. The molecule has 0 saturated heterocycles. The minimum Gasteiger partial charge on any atom is -0.497 e. The highest BCUT2D eigenvalue weighted by Gasteiger charge is 2.11. The fraction of sp³-hybridized carbons (Fsp3) is 0.143. The molecule has 0 spiro atoms. The molecule has 2 aromatic carbocycles. The number of methoxy groups -OCH3 is 1. The fourth-order valence-electron chi connectivity index (χ4n) is 2.83. The molecule has 0 radical (unpaired) electrons. The van der Waals surface area contributed by atoms with Crippen LogP contribution in [0.5, 0.6) is 5.75 Å². The summed E-state index contributed by atoms with van der Waals surface area (Å²) in [6, 6.07) is 15.2. The van der Waals surface area contributed by atoms with Gasteiger partial charge in [0.1, 0.15) is 11.4 Å². The van der Waals surface area contributed by atoms with Gasteiger partial charge in [0, 0.05) is 6.42 Å². The van der Waals surface area contributed by atoms with E-state index in [1.54, 1.807) is 13.2 Å². The molecule has 0 amide bonds. The Morgan fingerprint density at radius 1 is 1.14 bits per heavy atom. The zero-order valence-corrected chi connectivity index (χ0v) is 16.2. The number of ether oxygens (including phenoxy) is 1. The molecule has 2 heterocycles. The van der Waals surface area contributed by atoms with E-state index < -0.39 is 5.56 Å². The van der Waals surface area contributed by atoms with Crippen LogP contribution in [-0.4, -0.2) is 21.7 Å². The van der Waals surface area contributed by atoms with Crippen LogP contribution in [0.2, 0.25) is 0 Å². The molecule has 140 valence electrons. The average Bonchev–Trinajstić information content (AvgIpc) is 2.98. The van der Waals surface area contributed by atoms with Gasteiger partial charge < -0.3 is 4.74 Å². The molecule has 0 bridgehead atoms. The van der Waals surface area contributed by atoms with E-state index in [1.807, 2.05) is 55.5 Å². The third-order valence-corrected chi connectivity index (χ3v) is 5.29. The van der Waals surface area contributed by atoms with Crippen LogP contribution in [0.25, 0.3) is 11.0 Å². The number of aryl methyl sites for hydroxylation is 1. The summed E-state index contributed by atoms with van der Waals surface area (Å²) in [7, 11) is 1.59. The van der Waals surface area contributed by atoms with Crippen molar-refractivity contribution < 1.29 is 4.74 Å². The van der Waals surface area contributed by atoms with Gasteiger partial charge in [-0.25, -0.2) is 0 Å². The average molecular weight is 391 g/mol. The molecule has 0 aliphatic heterocycles. The first-order chi connectivity index (χ1) is 13.5. The van der Waals surface area contributed by atoms with Gasteiger partial charge in [-0.1, -0.05) is 53.3 Å². The van der Waals surface area contributed by atoms with E-state index in [0.717, 1.165) is 28.0 Å². The monoisotopic (exact) mass is 391 g/mol. The van der Waals surface area contributed by atoms with E-state index in [4.69, 9.17) is 4.74 Å². The molecule has 0 N–H and O–H groups in total. The van der Waals surface area contributed by atoms with Crippen LogP contribution in [0.1, 0.15) is 22.4 Å². The summed E-state index contributed by atoms with van der Waals surface area (Å²) in [6.45, 7) is 2.00. The predicted molar refractivity (Wildman–Crippen MR) is 109 cm³/mol. The van der Waals surface area contributed by atoms with Crippen molar-refractivity contribution in [3.05, 3.63) is 96.2 Å². The highest BCUT2D eigenvalue weighted by atomic mass is 32.1. The van der Waals surface area contributed by atoms with Crippen LogP contribution >= 0.6 is 11.3 Å². The van der Waals surface area contributed by atoms with Crippen molar-refractivity contribution in [3.8, 4) is 5.75 Å². The lowest BCUT2D eigenvalue weighted by Crippen LogP contribution is -2.28. The Morgan fingerprint density at radius 3 is 2.68 bits per heavy atom. The lowest BCUT2D eigenvalue weighted by atomic mass is 10.1. The number of aromatic nitrogens is 3. The molecule has 7 heteroatoms. The molecular formula is C21H17N3O3S. The molecule has 4 rings (SSSR count). The smallest absolute Gasteiger partial charge is 0.296 e. The molecule has 0 unspecified atom stereocenters. The first-order valence-electron chi connectivity index (χ1n) is 8.67. The molecule has 0 fully saturated rings. The maximum Gasteiger partial charge on any atom is 0.296 e. The maximum absolute atomic E-state index is 12.8. The largest absolute Gasteiger partial charge is 0.497 e. The van der Waals surface area contributed by atoms with E-state index >= 15 is 0 Å². The summed E-state index contributed by atoms with van der Waals surface area (Å²) in [5.41, 5.74) is 2.47. The van der Waals surface area contributed by atoms with E-state index in [2.05, 4.69) is 10.1 Å². The van der Waals surface area contributed by atoms with E-state index in [9.17, 15) is 9.59 Å². The van der Waals surface area contributed by atoms with Crippen molar-refractivity contribution in [2.45, 2.75) is 13.3 Å². The molecule has 0 saturated carbocycles. The summed E-state index contributed by atoms with van der Waals surface area (Å²) in [6.07, 6.45) is 2.08. The predicted octanol–water partition coefficient (Wildman–Crippen LogP) is 1.97. The Balaban J connectivity index is 1.78. The lowest BCUT2D eigenvalue weighted by Gasteiger charge is -2.01. The zero-order chi connectivity index (χ0) is 19.7. The molecule has 28 heavy (non-hydrogen) atoms. The third-order valence-electron chi connectivity index (χ3n) is 4.33. The van der Waals surface area contributed by atoms with E-state index in [-0.39, 0.29) is 16.2 Å². The summed E-state index contributed by atoms with van der Waals surface area (Å²) >= 11 is 1.14. The highest BCUT2D eigenvalue weighted by Crippen LogP contribution is 2.13. The topological polar surface area (TPSA) is 73.6 Å². The first-order valence-corrected chi connectivity index (χ1v) is 9.49. The third kappa shape index (κ3) is 3.57. The molecule has 4 aromatic rings. The number of nitrogens with zero attached hydrogens (tertiary/aromatic N) is 3. The molecular weight excluding hydrogens is 374 g/mol. The van der Waals surface area contributed by atoms with Gasteiger partial charge in [0.15, 0.2) is 0 Å². The minimum atomic E-state index is -0.408. The van der Waals surface area contributed by atoms with Gasteiger partial charge in [0.25, 0.3) is 11.1 Å². The van der Waals surface area contributed by atoms with Crippen LogP contribution in [0, 0.1) is 6.92 Å². The Hall–Kier alpha value is -3.32. The minimum absolute atomic E-state index is 0.254. The number of hydrogen-bond acceptors (Lipinski definition) is 6. The van der Waals surface area contributed by atoms with Crippen LogP contribution in [0.3, 0.4) is 0 Å². The summed E-state index contributed by atoms with van der Waals surface area (Å²) in [5.74, 6) is 0.702. The molecule has 2 aromatic heterocycles. The Kier molecular flexibility index (Phi) is 4.75.